The molecule has 2 aliphatic rings. The van der Waals surface area contributed by atoms with Crippen molar-refractivity contribution in [1.82, 2.24) is 9.88 Å². The first-order chi connectivity index (χ1) is 11.7. The molecule has 1 amide bonds. The summed E-state index contributed by atoms with van der Waals surface area (Å²) in [5, 5.41) is 4.05. The summed E-state index contributed by atoms with van der Waals surface area (Å²) in [6.45, 7) is 6.88. The highest BCUT2D eigenvalue weighted by Crippen LogP contribution is 2.37. The zero-order valence-electron chi connectivity index (χ0n) is 15.0. The number of hydrogen-bond donors (Lipinski definition) is 2. The molecule has 1 aromatic rings. The van der Waals surface area contributed by atoms with Gasteiger partial charge >= 0.3 is 6.09 Å². The number of likely N-dealkylation sites (tertiary alicyclic amines) is 1. The van der Waals surface area contributed by atoms with Gasteiger partial charge < -0.3 is 20.7 Å². The lowest BCUT2D eigenvalue weighted by Crippen LogP contribution is -2.44. The van der Waals surface area contributed by atoms with E-state index in [1.807, 2.05) is 20.8 Å². The van der Waals surface area contributed by atoms with Gasteiger partial charge in [-0.3, -0.25) is 4.79 Å². The van der Waals surface area contributed by atoms with Crippen molar-refractivity contribution in [1.29, 1.82) is 0 Å². The monoisotopic (exact) mass is 366 g/mol. The molecule has 2 heterocycles. The first kappa shape index (κ1) is 18.0. The van der Waals surface area contributed by atoms with Crippen LogP contribution in [0, 0.1) is 5.92 Å². The SMILES string of the molecule is CC(C)(C)OC(=O)N1CCC(Nc2nc(N)c(C(=O)C3CC3)s2)CC1. The van der Waals surface area contributed by atoms with Gasteiger partial charge in [-0.2, -0.15) is 0 Å². The van der Waals surface area contributed by atoms with Crippen LogP contribution in [0.3, 0.4) is 0 Å². The van der Waals surface area contributed by atoms with Gasteiger partial charge in [0.15, 0.2) is 10.9 Å². The number of carbonyl (C=O) groups excluding carboxylic acids is 2. The number of piperidine rings is 1. The Bertz CT molecular complexity index is 655. The Morgan fingerprint density at radius 2 is 1.88 bits per heavy atom. The standard InChI is InChI=1S/C17H26N4O3S/c1-17(2,3)24-16(23)21-8-6-11(7-9-21)19-15-20-14(18)13(25-15)12(22)10-4-5-10/h10-11H,4-9,18H2,1-3H3,(H,19,20). The molecular weight excluding hydrogens is 340 g/mol. The van der Waals surface area contributed by atoms with E-state index in [0.717, 1.165) is 25.7 Å². The first-order valence-corrected chi connectivity index (χ1v) is 9.59. The second kappa shape index (κ2) is 6.82. The van der Waals surface area contributed by atoms with Gasteiger partial charge in [0.25, 0.3) is 0 Å². The molecule has 3 rings (SSSR count). The number of aromatic nitrogens is 1. The number of amides is 1. The molecule has 0 radical (unpaired) electrons. The Morgan fingerprint density at radius 1 is 1.24 bits per heavy atom. The van der Waals surface area contributed by atoms with E-state index in [-0.39, 0.29) is 23.8 Å². The summed E-state index contributed by atoms with van der Waals surface area (Å²) in [5.74, 6) is 0.603. The molecule has 1 aromatic heterocycles. The number of hydrogen-bond acceptors (Lipinski definition) is 7. The summed E-state index contributed by atoms with van der Waals surface area (Å²) in [6, 6.07) is 0.216. The summed E-state index contributed by atoms with van der Waals surface area (Å²) < 4.78 is 5.41. The van der Waals surface area contributed by atoms with Crippen LogP contribution in [0.25, 0.3) is 0 Å². The van der Waals surface area contributed by atoms with Crippen LogP contribution in [-0.2, 0) is 4.74 Å². The molecule has 7 nitrogen and oxygen atoms in total. The van der Waals surface area contributed by atoms with Crippen LogP contribution in [0.1, 0.15) is 56.1 Å². The van der Waals surface area contributed by atoms with Gasteiger partial charge in [0.1, 0.15) is 16.3 Å². The number of thiazole rings is 1. The van der Waals surface area contributed by atoms with Gasteiger partial charge in [0.05, 0.1) is 0 Å². The van der Waals surface area contributed by atoms with E-state index in [0.29, 0.717) is 28.9 Å². The van der Waals surface area contributed by atoms with E-state index >= 15 is 0 Å². The summed E-state index contributed by atoms with van der Waals surface area (Å²) in [5.41, 5.74) is 5.43. The van der Waals surface area contributed by atoms with Crippen molar-refractivity contribution in [2.24, 2.45) is 5.92 Å². The smallest absolute Gasteiger partial charge is 0.410 e. The number of rotatable bonds is 4. The predicted octanol–water partition coefficient (Wildman–Crippen LogP) is 3.13. The van der Waals surface area contributed by atoms with E-state index in [2.05, 4.69) is 10.3 Å². The van der Waals surface area contributed by atoms with Crippen LogP contribution in [0.2, 0.25) is 0 Å². The molecule has 1 saturated carbocycles. The van der Waals surface area contributed by atoms with E-state index < -0.39 is 5.60 Å². The molecule has 8 heteroatoms. The maximum absolute atomic E-state index is 12.2. The van der Waals surface area contributed by atoms with Crippen LogP contribution in [0.4, 0.5) is 15.7 Å². The summed E-state index contributed by atoms with van der Waals surface area (Å²) >= 11 is 1.34. The Hall–Kier alpha value is -1.83. The average molecular weight is 366 g/mol. The minimum atomic E-state index is -0.477. The van der Waals surface area contributed by atoms with Crippen LogP contribution in [0.15, 0.2) is 0 Å². The number of nitrogens with zero attached hydrogens (tertiary/aromatic N) is 2. The molecule has 0 spiro atoms. The Kier molecular flexibility index (Phi) is 4.90. The highest BCUT2D eigenvalue weighted by atomic mass is 32.1. The molecular formula is C17H26N4O3S. The number of nitrogen functional groups attached to an aromatic ring is 1. The molecule has 25 heavy (non-hydrogen) atoms. The highest BCUT2D eigenvalue weighted by Gasteiger charge is 2.33. The van der Waals surface area contributed by atoms with Crippen LogP contribution >= 0.6 is 11.3 Å². The second-order valence-corrected chi connectivity index (χ2v) is 8.76. The van der Waals surface area contributed by atoms with E-state index in [4.69, 9.17) is 10.5 Å². The Morgan fingerprint density at radius 3 is 2.44 bits per heavy atom. The molecule has 1 aliphatic carbocycles. The van der Waals surface area contributed by atoms with Gasteiger partial charge in [-0.05, 0) is 46.5 Å². The summed E-state index contributed by atoms with van der Waals surface area (Å²) in [6.07, 6.45) is 3.28. The minimum absolute atomic E-state index is 0.128. The molecule has 3 N–H and O–H groups in total. The molecule has 0 aromatic carbocycles. The molecule has 138 valence electrons. The molecule has 1 saturated heterocycles. The number of nitrogens with one attached hydrogen (secondary N) is 1. The summed E-state index contributed by atoms with van der Waals surface area (Å²) in [4.78, 5) is 30.9. The first-order valence-electron chi connectivity index (χ1n) is 8.78. The lowest BCUT2D eigenvalue weighted by Gasteiger charge is -2.33. The third-order valence-electron chi connectivity index (χ3n) is 4.30. The zero-order valence-corrected chi connectivity index (χ0v) is 15.8. The fourth-order valence-electron chi connectivity index (χ4n) is 2.81. The van der Waals surface area contributed by atoms with Crippen LogP contribution in [0.5, 0.6) is 0 Å². The van der Waals surface area contributed by atoms with Gasteiger partial charge in [-0.25, -0.2) is 9.78 Å². The van der Waals surface area contributed by atoms with E-state index in [1.165, 1.54) is 11.3 Å². The van der Waals surface area contributed by atoms with Crippen molar-refractivity contribution >= 4 is 34.2 Å². The van der Waals surface area contributed by atoms with E-state index in [1.54, 1.807) is 4.90 Å². The zero-order chi connectivity index (χ0) is 18.2. The third-order valence-corrected chi connectivity index (χ3v) is 5.32. The number of Topliss-reactive ketones (excluding diaryl/α,β-unsaturated/α-hetero) is 1. The quantitative estimate of drug-likeness (QED) is 0.795. The maximum Gasteiger partial charge on any atom is 0.410 e. The fraction of sp³-hybridized carbons (Fsp3) is 0.706. The number of carbonyl (C=O) groups is 2. The second-order valence-electron chi connectivity index (χ2n) is 7.76. The number of ether oxygens (including phenoxy) is 1. The van der Waals surface area contributed by atoms with Crippen molar-refractivity contribution < 1.29 is 14.3 Å². The van der Waals surface area contributed by atoms with Crippen LogP contribution < -0.4 is 11.1 Å². The predicted molar refractivity (Wildman–Crippen MR) is 98.0 cm³/mol. The van der Waals surface area contributed by atoms with Gasteiger partial charge in [-0.15, -0.1) is 0 Å². The normalized spacial score (nSPS) is 18.9. The van der Waals surface area contributed by atoms with Gasteiger partial charge in [-0.1, -0.05) is 11.3 Å². The highest BCUT2D eigenvalue weighted by molar-refractivity contribution is 7.18. The maximum atomic E-state index is 12.2. The lowest BCUT2D eigenvalue weighted by molar-refractivity contribution is 0.0210. The third kappa shape index (κ3) is 4.62. The minimum Gasteiger partial charge on any atom is -0.444 e. The molecule has 1 aliphatic heterocycles. The summed E-state index contributed by atoms with van der Waals surface area (Å²) in [7, 11) is 0. The van der Waals surface area contributed by atoms with Crippen molar-refractivity contribution in [3.63, 3.8) is 0 Å². The fourth-order valence-corrected chi connectivity index (χ4v) is 3.79. The van der Waals surface area contributed by atoms with Crippen LogP contribution in [-0.4, -0.2) is 46.5 Å². The van der Waals surface area contributed by atoms with Crippen molar-refractivity contribution in [2.75, 3.05) is 24.1 Å². The molecule has 0 bridgehead atoms. The topological polar surface area (TPSA) is 97.6 Å². The number of anilines is 2. The Labute approximate surface area is 151 Å². The molecule has 0 atom stereocenters. The van der Waals surface area contributed by atoms with E-state index in [9.17, 15) is 9.59 Å². The van der Waals surface area contributed by atoms with Crippen molar-refractivity contribution in [3.8, 4) is 0 Å². The largest absolute Gasteiger partial charge is 0.444 e. The lowest BCUT2D eigenvalue weighted by atomic mass is 10.1. The molecule has 2 fully saturated rings. The van der Waals surface area contributed by atoms with Crippen molar-refractivity contribution in [3.05, 3.63) is 4.88 Å². The number of nitrogens with two attached hydrogens (primary N) is 1. The van der Waals surface area contributed by atoms with Gasteiger partial charge in [0, 0.05) is 25.0 Å². The van der Waals surface area contributed by atoms with Gasteiger partial charge in [0.2, 0.25) is 0 Å². The number of ketones is 1. The average Bonchev–Trinajstić information content (AvgIpc) is 3.30. The van der Waals surface area contributed by atoms with Crippen molar-refractivity contribution in [2.45, 2.75) is 58.1 Å². The molecule has 0 unspecified atom stereocenters. The Balaban J connectivity index is 1.51.